The average Bonchev–Trinajstić information content (AvgIpc) is 2.95. The van der Waals surface area contributed by atoms with Gasteiger partial charge in [0.15, 0.2) is 11.5 Å². The van der Waals surface area contributed by atoms with Crippen molar-refractivity contribution in [2.45, 2.75) is 32.4 Å². The van der Waals surface area contributed by atoms with Gasteiger partial charge in [-0.05, 0) is 37.6 Å². The molecule has 0 radical (unpaired) electrons. The quantitative estimate of drug-likeness (QED) is 0.939. The van der Waals surface area contributed by atoms with E-state index in [9.17, 15) is 5.11 Å². The Hall–Kier alpha value is -2.01. The zero-order chi connectivity index (χ0) is 14.8. The highest BCUT2D eigenvalue weighted by atomic mass is 16.6. The Morgan fingerprint density at radius 3 is 2.67 bits per heavy atom. The lowest BCUT2D eigenvalue weighted by Crippen LogP contribution is -2.15. The molecule has 1 aliphatic rings. The minimum absolute atomic E-state index is 0.324. The normalized spacial score (nSPS) is 15.2. The molecular weight excluding hydrogens is 268 g/mol. The van der Waals surface area contributed by atoms with Gasteiger partial charge in [0.25, 0.3) is 0 Å². The van der Waals surface area contributed by atoms with Crippen LogP contribution in [0.2, 0.25) is 0 Å². The molecule has 1 atom stereocenters. The molecule has 0 spiro atoms. The summed E-state index contributed by atoms with van der Waals surface area (Å²) in [6, 6.07) is 7.84. The van der Waals surface area contributed by atoms with Crippen LogP contribution >= 0.6 is 0 Å². The molecule has 1 aromatic carbocycles. The van der Waals surface area contributed by atoms with Crippen molar-refractivity contribution >= 4 is 0 Å². The van der Waals surface area contributed by atoms with Crippen LogP contribution in [0.5, 0.6) is 11.5 Å². The maximum Gasteiger partial charge on any atom is 0.161 e. The summed E-state index contributed by atoms with van der Waals surface area (Å²) in [4.78, 5) is 0. The van der Waals surface area contributed by atoms with Gasteiger partial charge in [-0.2, -0.15) is 5.10 Å². The van der Waals surface area contributed by atoms with E-state index in [1.165, 1.54) is 0 Å². The maximum absolute atomic E-state index is 10.4. The van der Waals surface area contributed by atoms with Gasteiger partial charge in [0.1, 0.15) is 13.2 Å². The summed E-state index contributed by atoms with van der Waals surface area (Å²) < 4.78 is 12.9. The molecule has 0 bridgehead atoms. The third-order valence-corrected chi connectivity index (χ3v) is 3.55. The van der Waals surface area contributed by atoms with Crippen LogP contribution in [0.1, 0.15) is 37.3 Å². The van der Waals surface area contributed by atoms with Crippen LogP contribution in [-0.4, -0.2) is 28.1 Å². The number of aliphatic hydroxyl groups excluding tert-OH is 1. The zero-order valence-corrected chi connectivity index (χ0v) is 12.3. The first-order valence-corrected chi connectivity index (χ1v) is 7.25. The molecular formula is C16H20N2O3. The standard InChI is InChI=1S/C16H20N2O3/c1-11(2)18-6-5-13(17-18)10-14(19)12-3-4-15-16(9-12)21-8-7-20-15/h3-6,9,11,14,19H,7-8,10H2,1-2H3. The highest BCUT2D eigenvalue weighted by Gasteiger charge is 2.16. The molecule has 2 heterocycles. The lowest BCUT2D eigenvalue weighted by molar-refractivity contribution is 0.164. The van der Waals surface area contributed by atoms with Gasteiger partial charge in [-0.15, -0.1) is 0 Å². The first-order chi connectivity index (χ1) is 10.1. The summed E-state index contributed by atoms with van der Waals surface area (Å²) in [6.45, 7) is 5.27. The van der Waals surface area contributed by atoms with E-state index in [4.69, 9.17) is 9.47 Å². The molecule has 1 unspecified atom stereocenters. The lowest BCUT2D eigenvalue weighted by Gasteiger charge is -2.20. The molecule has 0 fully saturated rings. The third kappa shape index (κ3) is 3.03. The van der Waals surface area contributed by atoms with Crippen LogP contribution < -0.4 is 9.47 Å². The van der Waals surface area contributed by atoms with E-state index in [1.54, 1.807) is 0 Å². The molecule has 0 aliphatic carbocycles. The number of ether oxygens (including phenoxy) is 2. The molecule has 21 heavy (non-hydrogen) atoms. The smallest absolute Gasteiger partial charge is 0.161 e. The van der Waals surface area contributed by atoms with Gasteiger partial charge in [0.05, 0.1) is 11.8 Å². The van der Waals surface area contributed by atoms with Gasteiger partial charge < -0.3 is 14.6 Å². The minimum atomic E-state index is -0.601. The fourth-order valence-corrected chi connectivity index (χ4v) is 2.36. The van der Waals surface area contributed by atoms with Crippen LogP contribution in [0, 0.1) is 0 Å². The van der Waals surface area contributed by atoms with Crippen molar-refractivity contribution in [1.29, 1.82) is 0 Å². The van der Waals surface area contributed by atoms with Crippen molar-refractivity contribution in [2.24, 2.45) is 0 Å². The largest absolute Gasteiger partial charge is 0.486 e. The van der Waals surface area contributed by atoms with Gasteiger partial charge in [0.2, 0.25) is 0 Å². The Bertz CT molecular complexity index is 622. The molecule has 5 heteroatoms. The minimum Gasteiger partial charge on any atom is -0.486 e. The molecule has 5 nitrogen and oxygen atoms in total. The van der Waals surface area contributed by atoms with Crippen molar-refractivity contribution in [1.82, 2.24) is 9.78 Å². The monoisotopic (exact) mass is 288 g/mol. The van der Waals surface area contributed by atoms with E-state index in [-0.39, 0.29) is 0 Å². The zero-order valence-electron chi connectivity index (χ0n) is 12.3. The molecule has 1 N–H and O–H groups in total. The van der Waals surface area contributed by atoms with Crippen molar-refractivity contribution in [2.75, 3.05) is 13.2 Å². The molecule has 0 saturated heterocycles. The number of fused-ring (bicyclic) bond motifs is 1. The summed E-state index contributed by atoms with van der Waals surface area (Å²) in [5.41, 5.74) is 1.70. The first kappa shape index (κ1) is 13.9. The van der Waals surface area contributed by atoms with Crippen molar-refractivity contribution in [3.63, 3.8) is 0 Å². The van der Waals surface area contributed by atoms with Crippen molar-refractivity contribution < 1.29 is 14.6 Å². The highest BCUT2D eigenvalue weighted by Crippen LogP contribution is 2.33. The molecule has 1 aromatic heterocycles. The molecule has 3 rings (SSSR count). The Balaban J connectivity index is 1.73. The number of hydrogen-bond acceptors (Lipinski definition) is 4. The Morgan fingerprint density at radius 1 is 1.19 bits per heavy atom. The third-order valence-electron chi connectivity index (χ3n) is 3.55. The second kappa shape index (κ2) is 5.77. The number of aromatic nitrogens is 2. The molecule has 112 valence electrons. The van der Waals surface area contributed by atoms with E-state index in [2.05, 4.69) is 18.9 Å². The van der Waals surface area contributed by atoms with Gasteiger partial charge in [-0.25, -0.2) is 0 Å². The second-order valence-corrected chi connectivity index (χ2v) is 5.50. The molecule has 0 amide bonds. The number of hydrogen-bond donors (Lipinski definition) is 1. The summed E-state index contributed by atoms with van der Waals surface area (Å²) in [5, 5.41) is 14.8. The lowest BCUT2D eigenvalue weighted by atomic mass is 10.0. The Morgan fingerprint density at radius 2 is 1.95 bits per heavy atom. The fourth-order valence-electron chi connectivity index (χ4n) is 2.36. The van der Waals surface area contributed by atoms with E-state index >= 15 is 0 Å². The highest BCUT2D eigenvalue weighted by molar-refractivity contribution is 5.44. The fraction of sp³-hybridized carbons (Fsp3) is 0.438. The van der Waals surface area contributed by atoms with Gasteiger partial charge in [0, 0.05) is 18.7 Å². The van der Waals surface area contributed by atoms with Gasteiger partial charge >= 0.3 is 0 Å². The van der Waals surface area contributed by atoms with Crippen molar-refractivity contribution in [3.8, 4) is 11.5 Å². The second-order valence-electron chi connectivity index (χ2n) is 5.50. The van der Waals surface area contributed by atoms with E-state index in [1.807, 2.05) is 35.1 Å². The van der Waals surface area contributed by atoms with E-state index in [0.717, 1.165) is 17.0 Å². The Kier molecular flexibility index (Phi) is 3.84. The number of rotatable bonds is 4. The topological polar surface area (TPSA) is 56.5 Å². The molecule has 2 aromatic rings. The predicted molar refractivity (Wildman–Crippen MR) is 78.7 cm³/mol. The summed E-state index contributed by atoms with van der Waals surface area (Å²) in [6.07, 6.45) is 1.83. The van der Waals surface area contributed by atoms with Crippen LogP contribution in [-0.2, 0) is 6.42 Å². The predicted octanol–water partition coefficient (Wildman–Crippen LogP) is 2.51. The van der Waals surface area contributed by atoms with Gasteiger partial charge in [-0.1, -0.05) is 6.07 Å². The van der Waals surface area contributed by atoms with E-state index in [0.29, 0.717) is 31.4 Å². The van der Waals surface area contributed by atoms with Crippen molar-refractivity contribution in [3.05, 3.63) is 41.7 Å². The SMILES string of the molecule is CC(C)n1ccc(CC(O)c2ccc3c(c2)OCCO3)n1. The maximum atomic E-state index is 10.4. The average molecular weight is 288 g/mol. The van der Waals surface area contributed by atoms with Gasteiger partial charge in [-0.3, -0.25) is 4.68 Å². The Labute approximate surface area is 124 Å². The van der Waals surface area contributed by atoms with E-state index < -0.39 is 6.10 Å². The number of benzene rings is 1. The van der Waals surface area contributed by atoms with Crippen LogP contribution in [0.25, 0.3) is 0 Å². The molecule has 1 aliphatic heterocycles. The number of aliphatic hydroxyl groups is 1. The van der Waals surface area contributed by atoms with Crippen LogP contribution in [0.3, 0.4) is 0 Å². The summed E-state index contributed by atoms with van der Waals surface area (Å²) >= 11 is 0. The van der Waals surface area contributed by atoms with Crippen LogP contribution in [0.4, 0.5) is 0 Å². The number of nitrogens with zero attached hydrogens (tertiary/aromatic N) is 2. The molecule has 0 saturated carbocycles. The van der Waals surface area contributed by atoms with Crippen LogP contribution in [0.15, 0.2) is 30.5 Å². The summed E-state index contributed by atoms with van der Waals surface area (Å²) in [7, 11) is 0. The summed E-state index contributed by atoms with van der Waals surface area (Å²) in [5.74, 6) is 1.44. The first-order valence-electron chi connectivity index (χ1n) is 7.25.